The van der Waals surface area contributed by atoms with Crippen molar-refractivity contribution >= 4 is 11.9 Å². The van der Waals surface area contributed by atoms with Crippen LogP contribution in [-0.4, -0.2) is 66.5 Å². The molecular weight excluding hydrogens is 308 g/mol. The van der Waals surface area contributed by atoms with Crippen LogP contribution in [0.25, 0.3) is 0 Å². The van der Waals surface area contributed by atoms with Gasteiger partial charge < -0.3 is 19.3 Å². The predicted molar refractivity (Wildman–Crippen MR) is 92.3 cm³/mol. The van der Waals surface area contributed by atoms with Gasteiger partial charge in [0, 0.05) is 45.3 Å². The third-order valence-electron chi connectivity index (χ3n) is 3.90. The van der Waals surface area contributed by atoms with Crippen molar-refractivity contribution in [2.24, 2.45) is 0 Å². The van der Waals surface area contributed by atoms with Gasteiger partial charge in [-0.05, 0) is 27.7 Å². The number of amides is 1. The summed E-state index contributed by atoms with van der Waals surface area (Å²) in [5.74, 6) is 1.13. The van der Waals surface area contributed by atoms with Crippen molar-refractivity contribution in [2.75, 3.05) is 44.8 Å². The molecule has 0 aliphatic carbocycles. The lowest BCUT2D eigenvalue weighted by atomic mass is 9.96. The SMILES string of the molecule is CCN(CCOC)c1cc(C2CN(C(=O)OC(C)(C)C)C2)ncn1. The van der Waals surface area contributed by atoms with Crippen LogP contribution in [0.15, 0.2) is 12.4 Å². The fourth-order valence-electron chi connectivity index (χ4n) is 2.54. The topological polar surface area (TPSA) is 67.8 Å². The van der Waals surface area contributed by atoms with E-state index in [0.717, 1.165) is 24.6 Å². The van der Waals surface area contributed by atoms with E-state index in [1.165, 1.54) is 0 Å². The molecule has 1 aromatic rings. The molecule has 1 aliphatic rings. The second-order valence-corrected chi connectivity index (χ2v) is 6.96. The molecule has 24 heavy (non-hydrogen) atoms. The number of anilines is 1. The number of hydrogen-bond acceptors (Lipinski definition) is 6. The monoisotopic (exact) mass is 336 g/mol. The standard InChI is InChI=1S/C17H28N4O3/c1-6-20(7-8-23-5)15-9-14(18-12-19-15)13-10-21(11-13)16(22)24-17(2,3)4/h9,12-13H,6-8,10-11H2,1-5H3. The third kappa shape index (κ3) is 4.80. The summed E-state index contributed by atoms with van der Waals surface area (Å²) >= 11 is 0. The predicted octanol–water partition coefficient (Wildman–Crippen LogP) is 2.28. The molecule has 0 radical (unpaired) electrons. The Kier molecular flexibility index (Phi) is 5.99. The number of likely N-dealkylation sites (N-methyl/N-ethyl adjacent to an activating group) is 1. The van der Waals surface area contributed by atoms with Gasteiger partial charge in [-0.25, -0.2) is 14.8 Å². The van der Waals surface area contributed by atoms with E-state index in [1.54, 1.807) is 18.3 Å². The molecule has 0 unspecified atom stereocenters. The number of likely N-dealkylation sites (tertiary alicyclic amines) is 1. The molecule has 2 heterocycles. The Bertz CT molecular complexity index is 553. The van der Waals surface area contributed by atoms with Crippen LogP contribution in [0.4, 0.5) is 10.6 Å². The van der Waals surface area contributed by atoms with Crippen LogP contribution in [0.3, 0.4) is 0 Å². The van der Waals surface area contributed by atoms with E-state index in [0.29, 0.717) is 19.7 Å². The Balaban J connectivity index is 1.95. The number of hydrogen-bond donors (Lipinski definition) is 0. The van der Waals surface area contributed by atoms with E-state index >= 15 is 0 Å². The van der Waals surface area contributed by atoms with Crippen LogP contribution in [0.2, 0.25) is 0 Å². The number of carbonyl (C=O) groups is 1. The summed E-state index contributed by atoms with van der Waals surface area (Å²) in [4.78, 5) is 24.6. The summed E-state index contributed by atoms with van der Waals surface area (Å²) in [6.07, 6.45) is 1.33. The molecule has 0 spiro atoms. The van der Waals surface area contributed by atoms with Gasteiger partial charge in [-0.1, -0.05) is 0 Å². The summed E-state index contributed by atoms with van der Waals surface area (Å²) in [6.45, 7) is 11.3. The summed E-state index contributed by atoms with van der Waals surface area (Å²) in [7, 11) is 1.69. The van der Waals surface area contributed by atoms with Crippen molar-refractivity contribution < 1.29 is 14.3 Å². The average Bonchev–Trinajstić information content (AvgIpc) is 2.45. The molecule has 2 rings (SSSR count). The number of aromatic nitrogens is 2. The van der Waals surface area contributed by atoms with E-state index in [9.17, 15) is 4.79 Å². The molecular formula is C17H28N4O3. The van der Waals surface area contributed by atoms with Gasteiger partial charge in [0.2, 0.25) is 0 Å². The van der Waals surface area contributed by atoms with Gasteiger partial charge in [-0.2, -0.15) is 0 Å². The highest BCUT2D eigenvalue weighted by atomic mass is 16.6. The van der Waals surface area contributed by atoms with E-state index in [2.05, 4.69) is 21.8 Å². The van der Waals surface area contributed by atoms with Crippen LogP contribution in [0.1, 0.15) is 39.3 Å². The molecule has 1 fully saturated rings. The first-order chi connectivity index (χ1) is 11.3. The Labute approximate surface area is 144 Å². The van der Waals surface area contributed by atoms with E-state index < -0.39 is 5.60 Å². The van der Waals surface area contributed by atoms with Gasteiger partial charge in [0.1, 0.15) is 17.7 Å². The number of carbonyl (C=O) groups excluding carboxylic acids is 1. The zero-order chi connectivity index (χ0) is 17.7. The van der Waals surface area contributed by atoms with Crippen LogP contribution < -0.4 is 4.90 Å². The van der Waals surface area contributed by atoms with Gasteiger partial charge in [0.15, 0.2) is 0 Å². The lowest BCUT2D eigenvalue weighted by molar-refractivity contribution is 0.00787. The zero-order valence-electron chi connectivity index (χ0n) is 15.3. The van der Waals surface area contributed by atoms with Gasteiger partial charge in [0.05, 0.1) is 12.3 Å². The molecule has 0 bridgehead atoms. The van der Waals surface area contributed by atoms with Crippen molar-refractivity contribution in [3.63, 3.8) is 0 Å². The lowest BCUT2D eigenvalue weighted by Gasteiger charge is -2.39. The average molecular weight is 336 g/mol. The van der Waals surface area contributed by atoms with Gasteiger partial charge >= 0.3 is 6.09 Å². The number of ether oxygens (including phenoxy) is 2. The summed E-state index contributed by atoms with van der Waals surface area (Å²) in [5, 5.41) is 0. The first-order valence-corrected chi connectivity index (χ1v) is 8.37. The van der Waals surface area contributed by atoms with Gasteiger partial charge in [-0.3, -0.25) is 0 Å². The maximum atomic E-state index is 12.0. The van der Waals surface area contributed by atoms with Crippen LogP contribution in [0, 0.1) is 0 Å². The van der Waals surface area contributed by atoms with E-state index in [4.69, 9.17) is 9.47 Å². The second kappa shape index (κ2) is 7.79. The molecule has 0 atom stereocenters. The van der Waals surface area contributed by atoms with Crippen LogP contribution in [0.5, 0.6) is 0 Å². The van der Waals surface area contributed by atoms with Crippen molar-refractivity contribution in [1.29, 1.82) is 0 Å². The molecule has 1 saturated heterocycles. The van der Waals surface area contributed by atoms with Crippen molar-refractivity contribution in [3.8, 4) is 0 Å². The fraction of sp³-hybridized carbons (Fsp3) is 0.706. The second-order valence-electron chi connectivity index (χ2n) is 6.96. The minimum Gasteiger partial charge on any atom is -0.444 e. The number of methoxy groups -OCH3 is 1. The number of rotatable bonds is 6. The Morgan fingerprint density at radius 2 is 2.08 bits per heavy atom. The molecule has 134 valence electrons. The summed E-state index contributed by atoms with van der Waals surface area (Å²) < 4.78 is 10.5. The highest BCUT2D eigenvalue weighted by Gasteiger charge is 2.35. The molecule has 1 aliphatic heterocycles. The third-order valence-corrected chi connectivity index (χ3v) is 3.90. The maximum Gasteiger partial charge on any atom is 0.410 e. The Morgan fingerprint density at radius 3 is 2.67 bits per heavy atom. The Hall–Kier alpha value is -1.89. The van der Waals surface area contributed by atoms with Crippen molar-refractivity contribution in [2.45, 2.75) is 39.2 Å². The first kappa shape index (κ1) is 18.4. The normalized spacial score (nSPS) is 15.1. The maximum absolute atomic E-state index is 12.0. The quantitative estimate of drug-likeness (QED) is 0.794. The molecule has 0 aromatic carbocycles. The molecule has 1 aromatic heterocycles. The number of nitrogens with zero attached hydrogens (tertiary/aromatic N) is 4. The lowest BCUT2D eigenvalue weighted by Crippen LogP contribution is -2.50. The minimum atomic E-state index is -0.465. The molecule has 0 saturated carbocycles. The van der Waals surface area contributed by atoms with Crippen LogP contribution >= 0.6 is 0 Å². The van der Waals surface area contributed by atoms with Crippen LogP contribution in [-0.2, 0) is 9.47 Å². The fourth-order valence-corrected chi connectivity index (χ4v) is 2.54. The van der Waals surface area contributed by atoms with E-state index in [-0.39, 0.29) is 12.0 Å². The largest absolute Gasteiger partial charge is 0.444 e. The summed E-state index contributed by atoms with van der Waals surface area (Å²) in [5.41, 5.74) is 0.503. The highest BCUT2D eigenvalue weighted by Crippen LogP contribution is 2.28. The molecule has 1 amide bonds. The Morgan fingerprint density at radius 1 is 1.38 bits per heavy atom. The first-order valence-electron chi connectivity index (χ1n) is 8.37. The molecule has 0 N–H and O–H groups in total. The minimum absolute atomic E-state index is 0.236. The van der Waals surface area contributed by atoms with Gasteiger partial charge in [0.25, 0.3) is 0 Å². The van der Waals surface area contributed by atoms with E-state index in [1.807, 2.05) is 26.8 Å². The molecule has 7 nitrogen and oxygen atoms in total. The smallest absolute Gasteiger partial charge is 0.410 e. The van der Waals surface area contributed by atoms with Crippen molar-refractivity contribution in [3.05, 3.63) is 18.1 Å². The van der Waals surface area contributed by atoms with Crippen molar-refractivity contribution in [1.82, 2.24) is 14.9 Å². The zero-order valence-corrected chi connectivity index (χ0v) is 15.3. The van der Waals surface area contributed by atoms with Gasteiger partial charge in [-0.15, -0.1) is 0 Å². The highest BCUT2D eigenvalue weighted by molar-refractivity contribution is 5.69. The summed E-state index contributed by atoms with van der Waals surface area (Å²) in [6, 6.07) is 2.01. The molecule has 7 heteroatoms.